The predicted molar refractivity (Wildman–Crippen MR) is 122 cm³/mol. The molecule has 0 fully saturated rings. The first-order chi connectivity index (χ1) is 15.9. The van der Waals surface area contributed by atoms with Gasteiger partial charge < -0.3 is 10.1 Å². The van der Waals surface area contributed by atoms with Gasteiger partial charge in [0.25, 0.3) is 0 Å². The number of hydrogen-bond acceptors (Lipinski definition) is 3. The molecule has 2 unspecified atom stereocenters. The van der Waals surface area contributed by atoms with E-state index in [4.69, 9.17) is 0 Å². The summed E-state index contributed by atoms with van der Waals surface area (Å²) in [4.78, 5) is 11.0. The van der Waals surface area contributed by atoms with E-state index in [2.05, 4.69) is 15.0 Å². The maximum Gasteiger partial charge on any atom is 0.418 e. The average molecular weight is 471 g/mol. The summed E-state index contributed by atoms with van der Waals surface area (Å²) in [6.45, 7) is 4.89. The summed E-state index contributed by atoms with van der Waals surface area (Å²) < 4.78 is 58.6. The van der Waals surface area contributed by atoms with Crippen molar-refractivity contribution < 1.29 is 22.7 Å². The van der Waals surface area contributed by atoms with E-state index < -0.39 is 35.3 Å². The summed E-state index contributed by atoms with van der Waals surface area (Å²) in [5.41, 5.74) is -2.00. The molecule has 0 spiro atoms. The normalized spacial score (nSPS) is 15.3. The van der Waals surface area contributed by atoms with Crippen molar-refractivity contribution >= 4 is 11.0 Å². The van der Waals surface area contributed by atoms with Crippen molar-refractivity contribution in [2.45, 2.75) is 50.3 Å². The highest BCUT2D eigenvalue weighted by Crippen LogP contribution is 2.51. The van der Waals surface area contributed by atoms with E-state index in [1.807, 2.05) is 0 Å². The van der Waals surface area contributed by atoms with Crippen LogP contribution in [0.2, 0.25) is 0 Å². The summed E-state index contributed by atoms with van der Waals surface area (Å²) in [6.07, 6.45) is -2.92. The van der Waals surface area contributed by atoms with E-state index >= 15 is 0 Å². The largest absolute Gasteiger partial charge is 0.418 e. The fourth-order valence-corrected chi connectivity index (χ4v) is 4.86. The van der Waals surface area contributed by atoms with Crippen molar-refractivity contribution in [2.75, 3.05) is 0 Å². The molecule has 0 aliphatic rings. The predicted octanol–water partition coefficient (Wildman–Crippen LogP) is 6.20. The third kappa shape index (κ3) is 4.30. The molecule has 8 heteroatoms. The van der Waals surface area contributed by atoms with Gasteiger partial charge in [0, 0.05) is 5.69 Å². The molecule has 0 aliphatic carbocycles. The first-order valence-electron chi connectivity index (χ1n) is 10.8. The van der Waals surface area contributed by atoms with Crippen molar-refractivity contribution in [1.82, 2.24) is 15.0 Å². The topological polar surface area (TPSA) is 61.8 Å². The van der Waals surface area contributed by atoms with Crippen molar-refractivity contribution in [2.24, 2.45) is 0 Å². The number of aryl methyl sites for hydroxylation is 1. The Morgan fingerprint density at radius 1 is 1.03 bits per heavy atom. The van der Waals surface area contributed by atoms with E-state index in [9.17, 15) is 22.7 Å². The Morgan fingerprint density at radius 3 is 2.38 bits per heavy atom. The lowest BCUT2D eigenvalue weighted by Gasteiger charge is -2.43. The standard InChI is InChI=1S/C26H25F4N3O/c1-16-9-10-18(27)11-19(16)24(2,3)14-25(34,26(28,29)30)23(17-7-5-4-6-8-17)21-12-20-22(33-21)13-31-15-32-20/h4-13,15,23,33-34H,14H2,1-3H3. The lowest BCUT2D eigenvalue weighted by atomic mass is 9.67. The van der Waals surface area contributed by atoms with E-state index in [1.165, 1.54) is 36.8 Å². The van der Waals surface area contributed by atoms with Gasteiger partial charge in [-0.25, -0.2) is 14.4 Å². The van der Waals surface area contributed by atoms with Crippen molar-refractivity contribution in [3.05, 3.63) is 95.3 Å². The van der Waals surface area contributed by atoms with E-state index in [0.29, 0.717) is 22.2 Å². The van der Waals surface area contributed by atoms with Crippen LogP contribution < -0.4 is 0 Å². The van der Waals surface area contributed by atoms with Gasteiger partial charge in [-0.2, -0.15) is 13.2 Å². The molecule has 4 aromatic rings. The fourth-order valence-electron chi connectivity index (χ4n) is 4.86. The number of nitrogens with zero attached hydrogens (tertiary/aromatic N) is 2. The minimum absolute atomic E-state index is 0.160. The van der Waals surface area contributed by atoms with Crippen LogP contribution in [0.4, 0.5) is 17.6 Å². The van der Waals surface area contributed by atoms with Gasteiger partial charge in [-0.3, -0.25) is 0 Å². The van der Waals surface area contributed by atoms with Gasteiger partial charge in [0.15, 0.2) is 5.60 Å². The van der Waals surface area contributed by atoms with Crippen molar-refractivity contribution in [3.8, 4) is 0 Å². The lowest BCUT2D eigenvalue weighted by molar-refractivity contribution is -0.272. The number of aliphatic hydroxyl groups is 1. The molecule has 2 heterocycles. The second-order valence-corrected chi connectivity index (χ2v) is 9.33. The van der Waals surface area contributed by atoms with Crippen LogP contribution in [-0.4, -0.2) is 31.8 Å². The summed E-state index contributed by atoms with van der Waals surface area (Å²) in [6, 6.07) is 13.6. The molecule has 2 aromatic heterocycles. The minimum atomic E-state index is -5.00. The molecule has 0 radical (unpaired) electrons. The summed E-state index contributed by atoms with van der Waals surface area (Å²) >= 11 is 0. The maximum atomic E-state index is 14.8. The number of halogens is 4. The Hall–Kier alpha value is -3.26. The van der Waals surface area contributed by atoms with E-state index in [-0.39, 0.29) is 11.3 Å². The Bertz CT molecular complexity index is 1270. The summed E-state index contributed by atoms with van der Waals surface area (Å²) in [7, 11) is 0. The molecule has 2 N–H and O–H groups in total. The molecule has 0 saturated heterocycles. The second-order valence-electron chi connectivity index (χ2n) is 9.33. The third-order valence-corrected chi connectivity index (χ3v) is 6.37. The van der Waals surface area contributed by atoms with Crippen molar-refractivity contribution in [1.29, 1.82) is 0 Å². The second kappa shape index (κ2) is 8.51. The van der Waals surface area contributed by atoms with E-state index in [0.717, 1.165) is 0 Å². The lowest BCUT2D eigenvalue weighted by Crippen LogP contribution is -2.54. The van der Waals surface area contributed by atoms with Crippen LogP contribution >= 0.6 is 0 Å². The zero-order valence-corrected chi connectivity index (χ0v) is 19.0. The Kier molecular flexibility index (Phi) is 5.97. The summed E-state index contributed by atoms with van der Waals surface area (Å²) in [5, 5.41) is 11.6. The molecule has 0 bridgehead atoms. The van der Waals surface area contributed by atoms with Gasteiger partial charge in [-0.1, -0.05) is 50.2 Å². The molecule has 4 nitrogen and oxygen atoms in total. The van der Waals surface area contributed by atoms with Gasteiger partial charge in [0.1, 0.15) is 12.1 Å². The van der Waals surface area contributed by atoms with Crippen LogP contribution in [0.1, 0.15) is 48.6 Å². The molecule has 0 saturated carbocycles. The zero-order chi connectivity index (χ0) is 24.7. The quantitative estimate of drug-likeness (QED) is 0.329. The van der Waals surface area contributed by atoms with Gasteiger partial charge in [0.05, 0.1) is 23.1 Å². The highest BCUT2D eigenvalue weighted by molar-refractivity contribution is 5.75. The maximum absolute atomic E-state index is 14.8. The smallest absolute Gasteiger partial charge is 0.380 e. The number of hydrogen-bond donors (Lipinski definition) is 2. The van der Waals surface area contributed by atoms with E-state index in [1.54, 1.807) is 51.1 Å². The van der Waals surface area contributed by atoms with Crippen LogP contribution in [0.5, 0.6) is 0 Å². The Morgan fingerprint density at radius 2 is 1.74 bits per heavy atom. The minimum Gasteiger partial charge on any atom is -0.380 e. The first-order valence-corrected chi connectivity index (χ1v) is 10.8. The van der Waals surface area contributed by atoms with Crippen molar-refractivity contribution in [3.63, 3.8) is 0 Å². The number of rotatable bonds is 6. The SMILES string of the molecule is Cc1ccc(F)cc1C(C)(C)CC(O)(C(c1ccccc1)c1cc2ncncc2[nH]1)C(F)(F)F. The first kappa shape index (κ1) is 23.9. The monoisotopic (exact) mass is 471 g/mol. The van der Waals surface area contributed by atoms with Crippen LogP contribution in [0, 0.1) is 12.7 Å². The number of H-pyrrole nitrogens is 1. The Balaban J connectivity index is 1.91. The molecule has 0 amide bonds. The molecule has 2 atom stereocenters. The average Bonchev–Trinajstić information content (AvgIpc) is 3.18. The van der Waals surface area contributed by atoms with Crippen LogP contribution in [0.25, 0.3) is 11.0 Å². The molecular formula is C26H25F4N3O. The number of aromatic amines is 1. The number of benzene rings is 2. The van der Waals surface area contributed by atoms with Gasteiger partial charge in [-0.05, 0) is 53.6 Å². The highest BCUT2D eigenvalue weighted by Gasteiger charge is 2.61. The Labute approximate surface area is 194 Å². The molecule has 178 valence electrons. The number of nitrogens with one attached hydrogen (secondary N) is 1. The fraction of sp³-hybridized carbons (Fsp3) is 0.308. The number of alkyl halides is 3. The molecule has 0 aliphatic heterocycles. The van der Waals surface area contributed by atoms with Crippen LogP contribution in [0.15, 0.2) is 67.1 Å². The third-order valence-electron chi connectivity index (χ3n) is 6.37. The molecule has 34 heavy (non-hydrogen) atoms. The van der Waals surface area contributed by atoms with Crippen LogP contribution in [0.3, 0.4) is 0 Å². The van der Waals surface area contributed by atoms with Gasteiger partial charge >= 0.3 is 6.18 Å². The van der Waals surface area contributed by atoms with Gasteiger partial charge in [0.2, 0.25) is 0 Å². The highest BCUT2D eigenvalue weighted by atomic mass is 19.4. The number of aromatic nitrogens is 3. The number of fused-ring (bicyclic) bond motifs is 1. The molecular weight excluding hydrogens is 446 g/mol. The van der Waals surface area contributed by atoms with Crippen LogP contribution in [-0.2, 0) is 5.41 Å². The zero-order valence-electron chi connectivity index (χ0n) is 19.0. The molecule has 2 aromatic carbocycles. The summed E-state index contributed by atoms with van der Waals surface area (Å²) in [5.74, 6) is -2.03. The molecule has 4 rings (SSSR count). The van der Waals surface area contributed by atoms with Gasteiger partial charge in [-0.15, -0.1) is 0 Å².